The van der Waals surface area contributed by atoms with E-state index in [1.165, 1.54) is 6.92 Å². The number of rotatable bonds is 4. The molecule has 8 heavy (non-hydrogen) atoms. The molecule has 0 aliphatic rings. The first-order valence-corrected chi connectivity index (χ1v) is 2.45. The van der Waals surface area contributed by atoms with E-state index in [9.17, 15) is 0 Å². The van der Waals surface area contributed by atoms with E-state index in [4.69, 9.17) is 10.2 Å². The first kappa shape index (κ1) is 7.84. The fraction of sp³-hybridized carbons (Fsp3) is 1.00. The zero-order chi connectivity index (χ0) is 6.41. The number of aliphatic hydroxyl groups excluding tert-OH is 2. The average molecular weight is 121 g/mol. The minimum atomic E-state index is -0.818. The Morgan fingerprint density at radius 3 is 2.75 bits per heavy atom. The van der Waals surface area contributed by atoms with Crippen LogP contribution >= 0.6 is 0 Å². The fourth-order valence-corrected chi connectivity index (χ4v) is 0.225. The van der Waals surface area contributed by atoms with E-state index in [1.807, 2.05) is 0 Å². The summed E-state index contributed by atoms with van der Waals surface area (Å²) in [5.41, 5.74) is 2.33. The van der Waals surface area contributed by atoms with Crippen LogP contribution < -0.4 is 5.48 Å². The van der Waals surface area contributed by atoms with Crippen molar-refractivity contribution in [1.29, 1.82) is 0 Å². The molecule has 0 aromatic heterocycles. The maximum atomic E-state index is 8.41. The van der Waals surface area contributed by atoms with E-state index >= 15 is 0 Å². The van der Waals surface area contributed by atoms with Crippen molar-refractivity contribution in [3.05, 3.63) is 0 Å². The van der Waals surface area contributed by atoms with Gasteiger partial charge in [-0.25, -0.2) is 0 Å². The van der Waals surface area contributed by atoms with Crippen LogP contribution in [0.3, 0.4) is 0 Å². The molecule has 0 saturated carbocycles. The van der Waals surface area contributed by atoms with Gasteiger partial charge in [0.15, 0.2) is 6.29 Å². The summed E-state index contributed by atoms with van der Waals surface area (Å²) in [5.74, 6) is 0. The van der Waals surface area contributed by atoms with E-state index in [0.717, 1.165) is 0 Å². The molecular weight excluding hydrogens is 110 g/mol. The Labute approximate surface area is 48.0 Å². The summed E-state index contributed by atoms with van der Waals surface area (Å²) in [6.45, 7) is 1.82. The van der Waals surface area contributed by atoms with Crippen LogP contribution in [0.25, 0.3) is 0 Å². The zero-order valence-electron chi connectivity index (χ0n) is 4.79. The highest BCUT2D eigenvalue weighted by Gasteiger charge is 1.89. The number of nitrogens with one attached hydrogen (secondary N) is 1. The summed E-state index contributed by atoms with van der Waals surface area (Å²) < 4.78 is 0. The van der Waals surface area contributed by atoms with Gasteiger partial charge in [-0.15, -0.1) is 0 Å². The van der Waals surface area contributed by atoms with Gasteiger partial charge >= 0.3 is 0 Å². The van der Waals surface area contributed by atoms with Gasteiger partial charge in [-0.05, 0) is 6.92 Å². The molecule has 0 aliphatic carbocycles. The lowest BCUT2D eigenvalue weighted by Gasteiger charge is -2.04. The van der Waals surface area contributed by atoms with Gasteiger partial charge in [-0.2, -0.15) is 5.48 Å². The lowest BCUT2D eigenvalue weighted by Crippen LogP contribution is -2.23. The fourth-order valence-electron chi connectivity index (χ4n) is 0.225. The third kappa shape index (κ3) is 5.84. The molecule has 0 bridgehead atoms. The molecule has 0 heterocycles. The van der Waals surface area contributed by atoms with Gasteiger partial charge in [0.05, 0.1) is 6.61 Å². The molecule has 50 valence electrons. The molecule has 0 rings (SSSR count). The monoisotopic (exact) mass is 121 g/mol. The molecule has 1 unspecified atom stereocenters. The molecule has 0 spiro atoms. The van der Waals surface area contributed by atoms with E-state index in [-0.39, 0.29) is 6.61 Å². The molecule has 1 atom stereocenters. The van der Waals surface area contributed by atoms with Gasteiger partial charge < -0.3 is 10.2 Å². The lowest BCUT2D eigenvalue weighted by molar-refractivity contribution is -0.136. The van der Waals surface area contributed by atoms with E-state index < -0.39 is 6.29 Å². The summed E-state index contributed by atoms with van der Waals surface area (Å²) >= 11 is 0. The summed E-state index contributed by atoms with van der Waals surface area (Å²) in [6, 6.07) is 0. The van der Waals surface area contributed by atoms with Crippen LogP contribution in [0.4, 0.5) is 0 Å². The Hall–Kier alpha value is -0.160. The molecular formula is C4H11NO3. The third-order valence-corrected chi connectivity index (χ3v) is 0.468. The van der Waals surface area contributed by atoms with Gasteiger partial charge in [0.1, 0.15) is 0 Å². The summed E-state index contributed by atoms with van der Waals surface area (Å²) in [4.78, 5) is 4.43. The quantitative estimate of drug-likeness (QED) is 0.249. The summed E-state index contributed by atoms with van der Waals surface area (Å²) in [7, 11) is 0. The van der Waals surface area contributed by atoms with Crippen LogP contribution in [0.15, 0.2) is 0 Å². The first-order chi connectivity index (χ1) is 3.77. The highest BCUT2D eigenvalue weighted by Crippen LogP contribution is 1.75. The molecule has 0 radical (unpaired) electrons. The second-order valence-electron chi connectivity index (χ2n) is 1.34. The molecule has 3 N–H and O–H groups in total. The topological polar surface area (TPSA) is 61.7 Å². The highest BCUT2D eigenvalue weighted by atomic mass is 16.7. The largest absolute Gasteiger partial charge is 0.395 e. The molecule has 0 aromatic carbocycles. The molecule has 0 saturated heterocycles. The first-order valence-electron chi connectivity index (χ1n) is 2.45. The van der Waals surface area contributed by atoms with E-state index in [1.54, 1.807) is 0 Å². The predicted octanol–water partition coefficient (Wildman–Crippen LogP) is -1.16. The number of aliphatic hydroxyl groups is 2. The van der Waals surface area contributed by atoms with Gasteiger partial charge in [0, 0.05) is 6.54 Å². The second-order valence-corrected chi connectivity index (χ2v) is 1.34. The van der Waals surface area contributed by atoms with Crippen molar-refractivity contribution >= 4 is 0 Å². The lowest BCUT2D eigenvalue weighted by atomic mass is 10.7. The molecule has 0 amide bonds. The van der Waals surface area contributed by atoms with Crippen molar-refractivity contribution in [3.63, 3.8) is 0 Å². The number of hydrogen-bond acceptors (Lipinski definition) is 4. The Morgan fingerprint density at radius 2 is 2.38 bits per heavy atom. The van der Waals surface area contributed by atoms with Gasteiger partial charge in [-0.3, -0.25) is 4.84 Å². The Morgan fingerprint density at radius 1 is 1.75 bits per heavy atom. The minimum Gasteiger partial charge on any atom is -0.395 e. The predicted molar refractivity (Wildman–Crippen MR) is 27.9 cm³/mol. The number of hydroxylamine groups is 1. The molecule has 0 fully saturated rings. The van der Waals surface area contributed by atoms with Crippen molar-refractivity contribution in [2.24, 2.45) is 0 Å². The Bertz CT molecular complexity index is 48.5. The number of hydrogen-bond donors (Lipinski definition) is 3. The van der Waals surface area contributed by atoms with Crippen LogP contribution in [0, 0.1) is 0 Å². The van der Waals surface area contributed by atoms with Crippen molar-refractivity contribution < 1.29 is 15.1 Å². The molecule has 0 aromatic rings. The van der Waals surface area contributed by atoms with Crippen molar-refractivity contribution in [3.8, 4) is 0 Å². The van der Waals surface area contributed by atoms with Crippen molar-refractivity contribution in [2.45, 2.75) is 13.2 Å². The minimum absolute atomic E-state index is 0.00667. The standard InChI is InChI=1S/C4H11NO3/c1-4(7)8-5-2-3-6/h4-7H,2-3H2,1H3. The van der Waals surface area contributed by atoms with E-state index in [2.05, 4.69) is 10.3 Å². The zero-order valence-corrected chi connectivity index (χ0v) is 4.79. The van der Waals surface area contributed by atoms with Crippen LogP contribution in [-0.4, -0.2) is 29.7 Å². The van der Waals surface area contributed by atoms with Crippen LogP contribution in [-0.2, 0) is 4.84 Å². The molecule has 0 aliphatic heterocycles. The molecule has 4 heteroatoms. The maximum absolute atomic E-state index is 8.41. The van der Waals surface area contributed by atoms with Crippen molar-refractivity contribution in [2.75, 3.05) is 13.2 Å². The SMILES string of the molecule is CC(O)ONCCO. The summed E-state index contributed by atoms with van der Waals surface area (Å²) in [5, 5.41) is 16.6. The van der Waals surface area contributed by atoms with Gasteiger partial charge in [-0.1, -0.05) is 0 Å². The molecule has 4 nitrogen and oxygen atoms in total. The summed E-state index contributed by atoms with van der Waals surface area (Å²) in [6.07, 6.45) is -0.818. The Balaban J connectivity index is 2.72. The maximum Gasteiger partial charge on any atom is 0.171 e. The average Bonchev–Trinajstić information content (AvgIpc) is 1.66. The second kappa shape index (κ2) is 4.99. The van der Waals surface area contributed by atoms with Crippen molar-refractivity contribution in [1.82, 2.24) is 5.48 Å². The van der Waals surface area contributed by atoms with Crippen LogP contribution in [0.1, 0.15) is 6.92 Å². The van der Waals surface area contributed by atoms with Crippen LogP contribution in [0.2, 0.25) is 0 Å². The normalized spacial score (nSPS) is 13.9. The smallest absolute Gasteiger partial charge is 0.171 e. The Kier molecular flexibility index (Phi) is 4.89. The van der Waals surface area contributed by atoms with Crippen LogP contribution in [0.5, 0.6) is 0 Å². The van der Waals surface area contributed by atoms with Gasteiger partial charge in [0.25, 0.3) is 0 Å². The highest BCUT2D eigenvalue weighted by molar-refractivity contribution is 4.26. The van der Waals surface area contributed by atoms with E-state index in [0.29, 0.717) is 6.54 Å². The third-order valence-electron chi connectivity index (χ3n) is 0.468. The van der Waals surface area contributed by atoms with Gasteiger partial charge in [0.2, 0.25) is 0 Å².